The summed E-state index contributed by atoms with van der Waals surface area (Å²) in [5, 5.41) is 0. The fourth-order valence-corrected chi connectivity index (χ4v) is 4.10. The Hall–Kier alpha value is -1.07. The van der Waals surface area contributed by atoms with Crippen LogP contribution < -0.4 is 5.73 Å². The zero-order valence-electron chi connectivity index (χ0n) is 12.5. The average molecular weight is 296 g/mol. The Morgan fingerprint density at radius 1 is 1.30 bits per heavy atom. The SMILES string of the molecule is CCC1(C)CCN(S(=O)(=O)c2ccc(N)c(C)c2)CC1. The number of piperidine rings is 1. The molecule has 5 heteroatoms. The molecule has 0 aromatic heterocycles. The Balaban J connectivity index is 2.22. The Morgan fingerprint density at radius 3 is 2.40 bits per heavy atom. The van der Waals surface area contributed by atoms with Crippen LogP contribution in [0.5, 0.6) is 0 Å². The van der Waals surface area contributed by atoms with Crippen molar-refractivity contribution in [2.45, 2.75) is 44.9 Å². The highest BCUT2D eigenvalue weighted by molar-refractivity contribution is 7.89. The van der Waals surface area contributed by atoms with E-state index in [2.05, 4.69) is 13.8 Å². The van der Waals surface area contributed by atoms with Crippen LogP contribution in [0.25, 0.3) is 0 Å². The van der Waals surface area contributed by atoms with Crippen molar-refractivity contribution in [1.29, 1.82) is 0 Å². The van der Waals surface area contributed by atoms with Crippen LogP contribution in [0, 0.1) is 12.3 Å². The molecular weight excluding hydrogens is 272 g/mol. The summed E-state index contributed by atoms with van der Waals surface area (Å²) < 4.78 is 26.9. The van der Waals surface area contributed by atoms with Crippen molar-refractivity contribution in [3.63, 3.8) is 0 Å². The van der Waals surface area contributed by atoms with E-state index >= 15 is 0 Å². The number of benzene rings is 1. The lowest BCUT2D eigenvalue weighted by Gasteiger charge is -2.38. The van der Waals surface area contributed by atoms with Gasteiger partial charge < -0.3 is 5.73 Å². The monoisotopic (exact) mass is 296 g/mol. The van der Waals surface area contributed by atoms with E-state index in [1.165, 1.54) is 0 Å². The summed E-state index contributed by atoms with van der Waals surface area (Å²) in [5.74, 6) is 0. The fourth-order valence-electron chi connectivity index (χ4n) is 2.58. The normalized spacial score (nSPS) is 19.9. The standard InChI is InChI=1S/C15H24N2O2S/c1-4-15(3)7-9-17(10-8-15)20(18,19)13-5-6-14(16)12(2)11-13/h5-6,11H,4,7-10,16H2,1-3H3. The van der Waals surface area contributed by atoms with Crippen molar-refractivity contribution in [2.24, 2.45) is 5.41 Å². The highest BCUT2D eigenvalue weighted by Gasteiger charge is 2.34. The van der Waals surface area contributed by atoms with E-state index in [1.807, 2.05) is 6.92 Å². The Kier molecular flexibility index (Phi) is 4.12. The zero-order chi connectivity index (χ0) is 15.0. The van der Waals surface area contributed by atoms with E-state index in [4.69, 9.17) is 5.73 Å². The third-order valence-electron chi connectivity index (χ3n) is 4.66. The molecule has 1 heterocycles. The molecule has 0 spiro atoms. The highest BCUT2D eigenvalue weighted by Crippen LogP contribution is 2.35. The quantitative estimate of drug-likeness (QED) is 0.872. The van der Waals surface area contributed by atoms with Crippen LogP contribution in [-0.4, -0.2) is 25.8 Å². The fraction of sp³-hybridized carbons (Fsp3) is 0.600. The number of sulfonamides is 1. The van der Waals surface area contributed by atoms with Crippen LogP contribution in [-0.2, 0) is 10.0 Å². The zero-order valence-corrected chi connectivity index (χ0v) is 13.3. The van der Waals surface area contributed by atoms with Crippen LogP contribution in [0.3, 0.4) is 0 Å². The topological polar surface area (TPSA) is 63.4 Å². The van der Waals surface area contributed by atoms with Gasteiger partial charge in [0.15, 0.2) is 0 Å². The molecule has 0 bridgehead atoms. The molecule has 1 aromatic rings. The van der Waals surface area contributed by atoms with Gasteiger partial charge in [0.25, 0.3) is 0 Å². The van der Waals surface area contributed by atoms with Crippen molar-refractivity contribution in [2.75, 3.05) is 18.8 Å². The van der Waals surface area contributed by atoms with Gasteiger partial charge in [-0.3, -0.25) is 0 Å². The molecule has 0 amide bonds. The van der Waals surface area contributed by atoms with Crippen LogP contribution in [0.2, 0.25) is 0 Å². The average Bonchev–Trinajstić information content (AvgIpc) is 2.42. The van der Waals surface area contributed by atoms with Crippen LogP contribution in [0.1, 0.15) is 38.7 Å². The summed E-state index contributed by atoms with van der Waals surface area (Å²) >= 11 is 0. The van der Waals surface area contributed by atoms with Gasteiger partial charge in [0.2, 0.25) is 10.0 Å². The lowest BCUT2D eigenvalue weighted by molar-refractivity contribution is 0.169. The first-order chi connectivity index (χ1) is 9.28. The number of nitrogens with zero attached hydrogens (tertiary/aromatic N) is 1. The lowest BCUT2D eigenvalue weighted by Crippen LogP contribution is -2.41. The van der Waals surface area contributed by atoms with Gasteiger partial charge in [-0.15, -0.1) is 0 Å². The predicted octanol–water partition coefficient (Wildman–Crippen LogP) is 2.78. The molecular formula is C15H24N2O2S. The summed E-state index contributed by atoms with van der Waals surface area (Å²) in [6.07, 6.45) is 2.95. The Labute approximate surface area is 122 Å². The van der Waals surface area contributed by atoms with Crippen LogP contribution in [0.15, 0.2) is 23.1 Å². The van der Waals surface area contributed by atoms with Gasteiger partial charge in [-0.2, -0.15) is 4.31 Å². The first-order valence-electron chi connectivity index (χ1n) is 7.15. The van der Waals surface area contributed by atoms with Crippen molar-refractivity contribution in [3.05, 3.63) is 23.8 Å². The molecule has 0 aliphatic carbocycles. The number of hydrogen-bond donors (Lipinski definition) is 1. The molecule has 0 radical (unpaired) electrons. The number of nitrogens with two attached hydrogens (primary N) is 1. The second kappa shape index (κ2) is 5.37. The minimum Gasteiger partial charge on any atom is -0.399 e. The van der Waals surface area contributed by atoms with Gasteiger partial charge in [-0.1, -0.05) is 20.3 Å². The molecule has 0 saturated carbocycles. The maximum Gasteiger partial charge on any atom is 0.243 e. The maximum absolute atomic E-state index is 12.6. The number of rotatable bonds is 3. The van der Waals surface area contributed by atoms with Crippen LogP contribution in [0.4, 0.5) is 5.69 Å². The molecule has 4 nitrogen and oxygen atoms in total. The van der Waals surface area contributed by atoms with E-state index in [0.717, 1.165) is 24.8 Å². The van der Waals surface area contributed by atoms with E-state index in [0.29, 0.717) is 23.7 Å². The van der Waals surface area contributed by atoms with Gasteiger partial charge in [-0.25, -0.2) is 8.42 Å². The smallest absolute Gasteiger partial charge is 0.243 e. The molecule has 20 heavy (non-hydrogen) atoms. The molecule has 2 rings (SSSR count). The number of anilines is 1. The lowest BCUT2D eigenvalue weighted by atomic mass is 9.79. The third kappa shape index (κ3) is 2.83. The molecule has 1 aromatic carbocycles. The van der Waals surface area contributed by atoms with Gasteiger partial charge in [0.05, 0.1) is 4.90 Å². The largest absolute Gasteiger partial charge is 0.399 e. The second-order valence-electron chi connectivity index (χ2n) is 6.09. The number of nitrogen functional groups attached to an aromatic ring is 1. The van der Waals surface area contributed by atoms with E-state index in [-0.39, 0.29) is 5.41 Å². The predicted molar refractivity (Wildman–Crippen MR) is 82.0 cm³/mol. The van der Waals surface area contributed by atoms with Gasteiger partial charge in [0, 0.05) is 18.8 Å². The highest BCUT2D eigenvalue weighted by atomic mass is 32.2. The second-order valence-corrected chi connectivity index (χ2v) is 8.02. The molecule has 2 N–H and O–H groups in total. The first kappa shape index (κ1) is 15.3. The molecule has 1 fully saturated rings. The van der Waals surface area contributed by atoms with Crippen molar-refractivity contribution in [1.82, 2.24) is 4.31 Å². The van der Waals surface area contributed by atoms with Gasteiger partial charge >= 0.3 is 0 Å². The van der Waals surface area contributed by atoms with Crippen molar-refractivity contribution >= 4 is 15.7 Å². The maximum atomic E-state index is 12.6. The first-order valence-corrected chi connectivity index (χ1v) is 8.59. The third-order valence-corrected chi connectivity index (χ3v) is 6.56. The van der Waals surface area contributed by atoms with Crippen LogP contribution >= 0.6 is 0 Å². The van der Waals surface area contributed by atoms with Crippen molar-refractivity contribution in [3.8, 4) is 0 Å². The Morgan fingerprint density at radius 2 is 1.90 bits per heavy atom. The summed E-state index contributed by atoms with van der Waals surface area (Å²) in [6.45, 7) is 7.46. The minimum absolute atomic E-state index is 0.281. The molecule has 0 atom stereocenters. The molecule has 112 valence electrons. The number of hydrogen-bond acceptors (Lipinski definition) is 3. The van der Waals surface area contributed by atoms with E-state index < -0.39 is 10.0 Å². The number of aryl methyl sites for hydroxylation is 1. The summed E-state index contributed by atoms with van der Waals surface area (Å²) in [7, 11) is -3.38. The van der Waals surface area contributed by atoms with Crippen molar-refractivity contribution < 1.29 is 8.42 Å². The summed E-state index contributed by atoms with van der Waals surface area (Å²) in [6, 6.07) is 4.94. The Bertz CT molecular complexity index is 588. The molecule has 1 aliphatic rings. The minimum atomic E-state index is -3.38. The molecule has 0 unspecified atom stereocenters. The molecule has 1 aliphatic heterocycles. The summed E-state index contributed by atoms with van der Waals surface area (Å²) in [4.78, 5) is 0.351. The molecule has 1 saturated heterocycles. The summed E-state index contributed by atoms with van der Waals surface area (Å²) in [5.41, 5.74) is 7.47. The van der Waals surface area contributed by atoms with Gasteiger partial charge in [-0.05, 0) is 48.9 Å². The van der Waals surface area contributed by atoms with E-state index in [9.17, 15) is 8.42 Å². The van der Waals surface area contributed by atoms with E-state index in [1.54, 1.807) is 22.5 Å². The van der Waals surface area contributed by atoms with Gasteiger partial charge in [0.1, 0.15) is 0 Å².